The molecule has 0 aromatic carbocycles. The van der Waals surface area contributed by atoms with Crippen LogP contribution in [-0.2, 0) is 11.2 Å². The third kappa shape index (κ3) is 4.84. The topological polar surface area (TPSA) is 65.7 Å². The van der Waals surface area contributed by atoms with Crippen LogP contribution in [0.2, 0.25) is 0 Å². The van der Waals surface area contributed by atoms with Crippen molar-refractivity contribution in [1.82, 2.24) is 14.4 Å². The van der Waals surface area contributed by atoms with E-state index in [0.717, 1.165) is 18.9 Å². The van der Waals surface area contributed by atoms with Crippen LogP contribution >= 0.6 is 0 Å². The van der Waals surface area contributed by atoms with Gasteiger partial charge in [-0.1, -0.05) is 6.07 Å². The summed E-state index contributed by atoms with van der Waals surface area (Å²) < 4.78 is 63.3. The Balaban J connectivity index is 1.65. The highest BCUT2D eigenvalue weighted by molar-refractivity contribution is 5.95. The van der Waals surface area contributed by atoms with E-state index in [0.29, 0.717) is 24.5 Å². The molecule has 0 N–H and O–H groups in total. The molecule has 0 amide bonds. The number of rotatable bonds is 7. The molecule has 164 valence electrons. The maximum atomic E-state index is 13.0. The van der Waals surface area contributed by atoms with Gasteiger partial charge in [0, 0.05) is 31.3 Å². The Morgan fingerprint density at radius 2 is 2.06 bits per heavy atom. The molecule has 0 saturated carbocycles. The molecule has 3 aromatic heterocycles. The van der Waals surface area contributed by atoms with Crippen LogP contribution in [0.1, 0.15) is 52.6 Å². The summed E-state index contributed by atoms with van der Waals surface area (Å²) in [5.41, 5.74) is 0.626. The number of aromatic nitrogens is 3. The average Bonchev–Trinajstić information content (AvgIpc) is 3.18. The van der Waals surface area contributed by atoms with Gasteiger partial charge in [-0.15, -0.1) is 0 Å². The van der Waals surface area contributed by atoms with Gasteiger partial charge in [-0.2, -0.15) is 8.78 Å². The molecule has 4 heterocycles. The summed E-state index contributed by atoms with van der Waals surface area (Å²) in [5, 5.41) is 0. The van der Waals surface area contributed by atoms with Gasteiger partial charge in [-0.25, -0.2) is 18.7 Å². The molecule has 3 aromatic rings. The molecule has 10 heteroatoms. The zero-order valence-corrected chi connectivity index (χ0v) is 16.3. The van der Waals surface area contributed by atoms with E-state index in [4.69, 9.17) is 4.74 Å². The molecule has 0 bridgehead atoms. The molecule has 1 saturated heterocycles. The maximum absolute atomic E-state index is 13.0. The Morgan fingerprint density at radius 1 is 1.23 bits per heavy atom. The highest BCUT2D eigenvalue weighted by Crippen LogP contribution is 2.29. The Labute approximate surface area is 174 Å². The number of carbonyl (C=O) groups excluding carboxylic acids is 1. The van der Waals surface area contributed by atoms with Crippen LogP contribution in [0.4, 0.5) is 17.6 Å². The maximum Gasteiger partial charge on any atom is 0.387 e. The highest BCUT2D eigenvalue weighted by Gasteiger charge is 2.22. The summed E-state index contributed by atoms with van der Waals surface area (Å²) in [7, 11) is 0. The minimum Gasteiger partial charge on any atom is -0.431 e. The lowest BCUT2D eigenvalue weighted by Gasteiger charge is -2.19. The first-order valence-corrected chi connectivity index (χ1v) is 9.73. The first-order valence-electron chi connectivity index (χ1n) is 9.73. The number of imidazole rings is 1. The third-order valence-electron chi connectivity index (χ3n) is 5.03. The Kier molecular flexibility index (Phi) is 6.17. The van der Waals surface area contributed by atoms with Crippen molar-refractivity contribution in [2.75, 3.05) is 13.2 Å². The molecular weight excluding hydrogens is 418 g/mol. The molecular formula is C21H19F4N3O3. The first-order chi connectivity index (χ1) is 14.9. The highest BCUT2D eigenvalue weighted by atomic mass is 19.3. The second-order valence-corrected chi connectivity index (χ2v) is 7.25. The van der Waals surface area contributed by atoms with E-state index < -0.39 is 24.5 Å². The third-order valence-corrected chi connectivity index (χ3v) is 5.03. The van der Waals surface area contributed by atoms with Gasteiger partial charge in [0.15, 0.2) is 17.2 Å². The SMILES string of the molecule is O=C(Cc1cc(OC(F)F)c2nc(C3CCCOC3)cn2c1)c1cccc(C(F)F)n1. The molecule has 1 aliphatic heterocycles. The summed E-state index contributed by atoms with van der Waals surface area (Å²) in [5.74, 6) is -0.650. The van der Waals surface area contributed by atoms with Crippen LogP contribution in [0.5, 0.6) is 5.75 Å². The zero-order chi connectivity index (χ0) is 22.0. The molecule has 4 rings (SSSR count). The second kappa shape index (κ2) is 9.01. The van der Waals surface area contributed by atoms with Crippen molar-refractivity contribution in [3.63, 3.8) is 0 Å². The van der Waals surface area contributed by atoms with Crippen LogP contribution in [0.15, 0.2) is 36.7 Å². The molecule has 1 fully saturated rings. The molecule has 0 radical (unpaired) electrons. The van der Waals surface area contributed by atoms with E-state index in [1.165, 1.54) is 22.6 Å². The average molecular weight is 437 g/mol. The smallest absolute Gasteiger partial charge is 0.387 e. The molecule has 1 atom stereocenters. The summed E-state index contributed by atoms with van der Waals surface area (Å²) in [6.45, 7) is -1.90. The predicted molar refractivity (Wildman–Crippen MR) is 102 cm³/mol. The van der Waals surface area contributed by atoms with Crippen molar-refractivity contribution in [1.29, 1.82) is 0 Å². The number of carbonyl (C=O) groups is 1. The van der Waals surface area contributed by atoms with Gasteiger partial charge in [0.05, 0.1) is 12.3 Å². The molecule has 0 aliphatic carbocycles. The Hall–Kier alpha value is -3.01. The lowest BCUT2D eigenvalue weighted by Crippen LogP contribution is -2.15. The largest absolute Gasteiger partial charge is 0.431 e. The lowest BCUT2D eigenvalue weighted by molar-refractivity contribution is -0.0491. The van der Waals surface area contributed by atoms with Crippen LogP contribution < -0.4 is 4.74 Å². The normalized spacial score (nSPS) is 16.9. The van der Waals surface area contributed by atoms with Gasteiger partial charge in [0.2, 0.25) is 0 Å². The van der Waals surface area contributed by atoms with E-state index in [2.05, 4.69) is 14.7 Å². The van der Waals surface area contributed by atoms with Crippen molar-refractivity contribution in [2.24, 2.45) is 0 Å². The molecule has 1 unspecified atom stereocenters. The summed E-state index contributed by atoms with van der Waals surface area (Å²) in [6.07, 6.45) is 2.01. The number of ether oxygens (including phenoxy) is 2. The fraction of sp³-hybridized carbons (Fsp3) is 0.381. The second-order valence-electron chi connectivity index (χ2n) is 7.25. The summed E-state index contributed by atoms with van der Waals surface area (Å²) in [4.78, 5) is 20.7. The quantitative estimate of drug-likeness (QED) is 0.400. The fourth-order valence-corrected chi connectivity index (χ4v) is 3.60. The molecule has 0 spiro atoms. The van der Waals surface area contributed by atoms with Crippen molar-refractivity contribution in [3.05, 3.63) is 59.3 Å². The van der Waals surface area contributed by atoms with Crippen LogP contribution in [-0.4, -0.2) is 40.0 Å². The fourth-order valence-electron chi connectivity index (χ4n) is 3.60. The monoisotopic (exact) mass is 437 g/mol. The van der Waals surface area contributed by atoms with Crippen molar-refractivity contribution < 1.29 is 31.8 Å². The van der Waals surface area contributed by atoms with Crippen LogP contribution in [0, 0.1) is 0 Å². The number of nitrogens with zero attached hydrogens (tertiary/aromatic N) is 3. The molecule has 1 aliphatic rings. The first kappa shape index (κ1) is 21.2. The number of halogens is 4. The number of hydrogen-bond donors (Lipinski definition) is 0. The van der Waals surface area contributed by atoms with Crippen molar-refractivity contribution in [3.8, 4) is 5.75 Å². The summed E-state index contributed by atoms with van der Waals surface area (Å²) >= 11 is 0. The number of ketones is 1. The van der Waals surface area contributed by atoms with E-state index >= 15 is 0 Å². The Bertz CT molecular complexity index is 1080. The Morgan fingerprint density at radius 3 is 2.77 bits per heavy atom. The van der Waals surface area contributed by atoms with E-state index in [1.807, 2.05) is 0 Å². The van der Waals surface area contributed by atoms with Crippen LogP contribution in [0.3, 0.4) is 0 Å². The van der Waals surface area contributed by atoms with Gasteiger partial charge in [-0.05, 0) is 36.6 Å². The number of hydrogen-bond acceptors (Lipinski definition) is 5. The number of pyridine rings is 2. The van der Waals surface area contributed by atoms with Gasteiger partial charge < -0.3 is 13.9 Å². The van der Waals surface area contributed by atoms with Gasteiger partial charge >= 0.3 is 6.61 Å². The van der Waals surface area contributed by atoms with Crippen molar-refractivity contribution in [2.45, 2.75) is 38.2 Å². The van der Waals surface area contributed by atoms with Crippen LogP contribution in [0.25, 0.3) is 5.65 Å². The van der Waals surface area contributed by atoms with Gasteiger partial charge in [0.25, 0.3) is 6.43 Å². The number of Topliss-reactive ketones (excluding diaryl/α,β-unsaturated/α-hetero) is 1. The van der Waals surface area contributed by atoms with E-state index in [9.17, 15) is 22.4 Å². The minimum absolute atomic E-state index is 0.0411. The summed E-state index contributed by atoms with van der Waals surface area (Å²) in [6, 6.07) is 5.10. The van der Waals surface area contributed by atoms with Gasteiger partial charge in [-0.3, -0.25) is 4.79 Å². The van der Waals surface area contributed by atoms with E-state index in [1.54, 1.807) is 12.4 Å². The molecule has 6 nitrogen and oxygen atoms in total. The number of fused-ring (bicyclic) bond motifs is 1. The van der Waals surface area contributed by atoms with Gasteiger partial charge in [0.1, 0.15) is 11.4 Å². The van der Waals surface area contributed by atoms with E-state index in [-0.39, 0.29) is 29.4 Å². The predicted octanol–water partition coefficient (Wildman–Crippen LogP) is 4.59. The zero-order valence-electron chi connectivity index (χ0n) is 16.3. The number of alkyl halides is 4. The standard InChI is InChI=1S/C21H19F4N3O3/c22-19(23)15-5-1-4-14(26-15)17(29)7-12-8-18(31-21(24)25)20-27-16(10-28(20)9-12)13-3-2-6-30-11-13/h1,4-5,8-10,13,19,21H,2-3,6-7,11H2. The molecule has 31 heavy (non-hydrogen) atoms. The van der Waals surface area contributed by atoms with Crippen molar-refractivity contribution >= 4 is 11.4 Å². The lowest BCUT2D eigenvalue weighted by atomic mass is 9.99. The minimum atomic E-state index is -3.07.